The Morgan fingerprint density at radius 3 is 2.50 bits per heavy atom. The van der Waals surface area contributed by atoms with Gasteiger partial charge >= 0.3 is 0 Å². The molecule has 170 valence electrons. The van der Waals surface area contributed by atoms with Crippen molar-refractivity contribution >= 4 is 5.96 Å². The van der Waals surface area contributed by atoms with Gasteiger partial charge in [0.25, 0.3) is 0 Å². The van der Waals surface area contributed by atoms with E-state index >= 15 is 0 Å². The van der Waals surface area contributed by atoms with Crippen molar-refractivity contribution in [3.8, 4) is 11.5 Å². The van der Waals surface area contributed by atoms with Crippen molar-refractivity contribution in [3.05, 3.63) is 71.8 Å². The van der Waals surface area contributed by atoms with Crippen LogP contribution in [0.4, 0.5) is 0 Å². The summed E-state index contributed by atoms with van der Waals surface area (Å²) in [6.07, 6.45) is -0.0850. The zero-order valence-electron chi connectivity index (χ0n) is 19.4. The molecule has 0 bridgehead atoms. The highest BCUT2D eigenvalue weighted by Gasteiger charge is 2.12. The monoisotopic (exact) mass is 436 g/mol. The average Bonchev–Trinajstić information content (AvgIpc) is 3.13. The summed E-state index contributed by atoms with van der Waals surface area (Å²) in [7, 11) is 3.59. The fraction of sp³-hybridized carbons (Fsp3) is 0.375. The minimum absolute atomic E-state index is 0.0818. The standard InChI is InChI=1S/C24H32N6O2/c1-17(32-22-13-9-12-21(14-22)31-5)15-25-24(26-16-23-29-28-19(3)30(23)4)27-18(2)20-10-7-6-8-11-20/h6-14,17-18H,15-16H2,1-5H3,(H2,25,26,27). The average molecular weight is 437 g/mol. The van der Waals surface area contributed by atoms with Gasteiger partial charge in [-0.25, -0.2) is 4.99 Å². The number of benzene rings is 2. The summed E-state index contributed by atoms with van der Waals surface area (Å²) in [4.78, 5) is 4.74. The molecule has 0 spiro atoms. The van der Waals surface area contributed by atoms with E-state index < -0.39 is 0 Å². The summed E-state index contributed by atoms with van der Waals surface area (Å²) >= 11 is 0. The first-order valence-electron chi connectivity index (χ1n) is 10.7. The third-order valence-electron chi connectivity index (χ3n) is 5.15. The number of nitrogens with one attached hydrogen (secondary N) is 2. The third-order valence-corrected chi connectivity index (χ3v) is 5.15. The van der Waals surface area contributed by atoms with Gasteiger partial charge in [0.1, 0.15) is 30.0 Å². The molecular formula is C24H32N6O2. The molecule has 0 saturated heterocycles. The molecular weight excluding hydrogens is 404 g/mol. The van der Waals surface area contributed by atoms with Gasteiger partial charge in [-0.2, -0.15) is 0 Å². The van der Waals surface area contributed by atoms with Crippen molar-refractivity contribution in [1.29, 1.82) is 0 Å². The lowest BCUT2D eigenvalue weighted by Crippen LogP contribution is -2.42. The van der Waals surface area contributed by atoms with Gasteiger partial charge in [0, 0.05) is 13.1 Å². The summed E-state index contributed by atoms with van der Waals surface area (Å²) in [6, 6.07) is 17.9. The van der Waals surface area contributed by atoms with Crippen LogP contribution in [0.1, 0.15) is 37.1 Å². The Hall–Kier alpha value is -3.55. The molecule has 3 rings (SSSR count). The maximum absolute atomic E-state index is 6.03. The Labute approximate surface area is 189 Å². The van der Waals surface area contributed by atoms with Crippen LogP contribution in [0.5, 0.6) is 11.5 Å². The predicted octanol–water partition coefficient (Wildman–Crippen LogP) is 3.40. The first-order chi connectivity index (χ1) is 15.5. The minimum atomic E-state index is -0.0850. The zero-order valence-corrected chi connectivity index (χ0v) is 19.4. The molecule has 2 atom stereocenters. The van der Waals surface area contributed by atoms with E-state index in [1.54, 1.807) is 7.11 Å². The fourth-order valence-corrected chi connectivity index (χ4v) is 3.11. The van der Waals surface area contributed by atoms with Crippen molar-refractivity contribution in [2.45, 2.75) is 39.5 Å². The van der Waals surface area contributed by atoms with E-state index in [2.05, 4.69) is 39.9 Å². The second-order valence-electron chi connectivity index (χ2n) is 7.65. The van der Waals surface area contributed by atoms with E-state index in [4.69, 9.17) is 14.5 Å². The Morgan fingerprint density at radius 2 is 1.81 bits per heavy atom. The molecule has 0 amide bonds. The van der Waals surface area contributed by atoms with Gasteiger partial charge in [-0.15, -0.1) is 10.2 Å². The van der Waals surface area contributed by atoms with Crippen LogP contribution in [0.25, 0.3) is 0 Å². The Morgan fingerprint density at radius 1 is 1.06 bits per heavy atom. The molecule has 1 heterocycles. The Kier molecular flexibility index (Phi) is 8.08. The van der Waals surface area contributed by atoms with E-state index in [9.17, 15) is 0 Å². The lowest BCUT2D eigenvalue weighted by Gasteiger charge is -2.21. The second-order valence-corrected chi connectivity index (χ2v) is 7.65. The predicted molar refractivity (Wildman–Crippen MR) is 126 cm³/mol. The van der Waals surface area contributed by atoms with Gasteiger partial charge in [0.05, 0.1) is 19.7 Å². The summed E-state index contributed by atoms with van der Waals surface area (Å²) in [5.41, 5.74) is 1.18. The maximum Gasteiger partial charge on any atom is 0.192 e. The number of guanidine groups is 1. The summed E-state index contributed by atoms with van der Waals surface area (Å²) in [6.45, 7) is 7.03. The highest BCUT2D eigenvalue weighted by molar-refractivity contribution is 5.80. The molecule has 0 saturated carbocycles. The number of aromatic nitrogens is 3. The molecule has 0 aliphatic rings. The Bertz CT molecular complexity index is 1020. The molecule has 1 aromatic heterocycles. The van der Waals surface area contributed by atoms with Gasteiger partial charge in [0.2, 0.25) is 0 Å². The smallest absolute Gasteiger partial charge is 0.192 e. The number of hydrogen-bond donors (Lipinski definition) is 2. The highest BCUT2D eigenvalue weighted by atomic mass is 16.5. The second kappa shape index (κ2) is 11.2. The molecule has 2 N–H and O–H groups in total. The van der Waals surface area contributed by atoms with E-state index in [0.717, 1.165) is 23.1 Å². The van der Waals surface area contributed by atoms with E-state index in [-0.39, 0.29) is 12.1 Å². The van der Waals surface area contributed by atoms with Crippen molar-refractivity contribution < 1.29 is 9.47 Å². The molecule has 2 aromatic carbocycles. The number of nitrogens with zero attached hydrogens (tertiary/aromatic N) is 4. The van der Waals surface area contributed by atoms with Gasteiger partial charge in [0.15, 0.2) is 11.8 Å². The van der Waals surface area contributed by atoms with E-state index in [1.807, 2.05) is 67.9 Å². The summed E-state index contributed by atoms with van der Waals surface area (Å²) in [5.74, 6) is 3.87. The van der Waals surface area contributed by atoms with Crippen molar-refractivity contribution in [1.82, 2.24) is 25.4 Å². The summed E-state index contributed by atoms with van der Waals surface area (Å²) < 4.78 is 13.2. The van der Waals surface area contributed by atoms with Crippen LogP contribution >= 0.6 is 0 Å². The normalized spacial score (nSPS) is 13.3. The Balaban J connectivity index is 1.66. The number of hydrogen-bond acceptors (Lipinski definition) is 5. The SMILES string of the molecule is COc1cccc(OC(C)CNC(=NCc2nnc(C)n2C)NC(C)c2ccccc2)c1. The molecule has 0 aliphatic carbocycles. The zero-order chi connectivity index (χ0) is 22.9. The van der Waals surface area contributed by atoms with Crippen LogP contribution in [0.2, 0.25) is 0 Å². The van der Waals surface area contributed by atoms with Crippen LogP contribution < -0.4 is 20.1 Å². The third kappa shape index (κ3) is 6.47. The van der Waals surface area contributed by atoms with Gasteiger partial charge in [-0.1, -0.05) is 36.4 Å². The summed E-state index contributed by atoms with van der Waals surface area (Å²) in [5, 5.41) is 15.2. The van der Waals surface area contributed by atoms with Crippen molar-refractivity contribution in [2.24, 2.45) is 12.0 Å². The lowest BCUT2D eigenvalue weighted by molar-refractivity contribution is 0.222. The first kappa shape index (κ1) is 23.1. The number of ether oxygens (including phenoxy) is 2. The molecule has 0 fully saturated rings. The molecule has 3 aromatic rings. The highest BCUT2D eigenvalue weighted by Crippen LogP contribution is 2.19. The van der Waals surface area contributed by atoms with Gasteiger partial charge in [-0.3, -0.25) is 0 Å². The van der Waals surface area contributed by atoms with Gasteiger partial charge < -0.3 is 24.7 Å². The van der Waals surface area contributed by atoms with E-state index in [0.29, 0.717) is 19.0 Å². The van der Waals surface area contributed by atoms with Gasteiger partial charge in [-0.05, 0) is 38.5 Å². The molecule has 0 radical (unpaired) electrons. The largest absolute Gasteiger partial charge is 0.497 e. The molecule has 8 heteroatoms. The van der Waals surface area contributed by atoms with Crippen LogP contribution in [-0.2, 0) is 13.6 Å². The number of aliphatic imine (C=N–C) groups is 1. The van der Waals surface area contributed by atoms with Crippen LogP contribution in [0.15, 0.2) is 59.6 Å². The fourth-order valence-electron chi connectivity index (χ4n) is 3.11. The van der Waals surface area contributed by atoms with E-state index in [1.165, 1.54) is 5.56 Å². The number of rotatable bonds is 9. The number of methoxy groups -OCH3 is 1. The maximum atomic E-state index is 6.03. The molecule has 2 unspecified atom stereocenters. The quantitative estimate of drug-likeness (QED) is 0.395. The lowest BCUT2D eigenvalue weighted by atomic mass is 10.1. The number of aryl methyl sites for hydroxylation is 1. The van der Waals surface area contributed by atoms with Crippen LogP contribution in [-0.4, -0.2) is 40.5 Å². The molecule has 8 nitrogen and oxygen atoms in total. The first-order valence-corrected chi connectivity index (χ1v) is 10.7. The van der Waals surface area contributed by atoms with Crippen molar-refractivity contribution in [3.63, 3.8) is 0 Å². The van der Waals surface area contributed by atoms with Crippen LogP contribution in [0.3, 0.4) is 0 Å². The van der Waals surface area contributed by atoms with Crippen LogP contribution in [0, 0.1) is 6.92 Å². The van der Waals surface area contributed by atoms with Crippen molar-refractivity contribution in [2.75, 3.05) is 13.7 Å². The molecule has 0 aliphatic heterocycles. The molecule has 32 heavy (non-hydrogen) atoms. The topological polar surface area (TPSA) is 85.6 Å². The minimum Gasteiger partial charge on any atom is -0.497 e.